The van der Waals surface area contributed by atoms with E-state index in [9.17, 15) is 34.0 Å². The van der Waals surface area contributed by atoms with E-state index in [1.54, 1.807) is 6.08 Å². The number of carbonyl (C=O) groups excluding carboxylic acids is 3. The number of unbranched alkanes of at least 4 members (excludes halogenated alkanes) is 13. The van der Waals surface area contributed by atoms with Crippen LogP contribution in [-0.4, -0.2) is 78.8 Å². The lowest BCUT2D eigenvalue weighted by Gasteiger charge is -2.22. The molecule has 0 bridgehead atoms. The molecule has 18 heteroatoms. The van der Waals surface area contributed by atoms with Crippen LogP contribution < -0.4 is 21.6 Å². The highest BCUT2D eigenvalue weighted by Crippen LogP contribution is 2.43. The Labute approximate surface area is 312 Å². The maximum absolute atomic E-state index is 12.6. The van der Waals surface area contributed by atoms with Crippen molar-refractivity contribution in [2.75, 3.05) is 32.9 Å². The van der Waals surface area contributed by atoms with Crippen LogP contribution in [0.1, 0.15) is 116 Å². The molecule has 53 heavy (non-hydrogen) atoms. The molecule has 1 aliphatic heterocycles. The number of esters is 2. The fourth-order valence-electron chi connectivity index (χ4n) is 5.65. The Bertz CT molecular complexity index is 1250. The first-order chi connectivity index (χ1) is 25.6. The van der Waals surface area contributed by atoms with E-state index in [2.05, 4.69) is 35.1 Å². The number of rotatable bonds is 32. The van der Waals surface area contributed by atoms with Gasteiger partial charge in [0.25, 0.3) is 5.70 Å². The van der Waals surface area contributed by atoms with E-state index in [1.807, 2.05) is 0 Å². The Morgan fingerprint density at radius 1 is 0.906 bits per heavy atom. The van der Waals surface area contributed by atoms with Crippen molar-refractivity contribution in [1.82, 2.24) is 21.6 Å². The number of allylic oxidation sites excluding steroid dienone is 2. The summed E-state index contributed by atoms with van der Waals surface area (Å²) in [5.41, 5.74) is 6.12. The molecule has 1 amide bonds. The van der Waals surface area contributed by atoms with Gasteiger partial charge in [0.15, 0.2) is 6.10 Å². The summed E-state index contributed by atoms with van der Waals surface area (Å²) in [6, 6.07) is -1.00. The average Bonchev–Trinajstić information content (AvgIpc) is 3.63. The Balaban J connectivity index is 1.69. The Hall–Kier alpha value is -3.18. The molecule has 0 aromatic heterocycles. The summed E-state index contributed by atoms with van der Waals surface area (Å²) >= 11 is 0. The number of phosphoric ester groups is 1. The molecule has 17 nitrogen and oxygen atoms in total. The number of nitro groups is 1. The number of carbonyl (C=O) groups is 3. The summed E-state index contributed by atoms with van der Waals surface area (Å²) in [5.74, 6) is -1.51. The average molecular weight is 774 g/mol. The topological polar surface area (TPSA) is 226 Å². The van der Waals surface area contributed by atoms with Crippen molar-refractivity contribution in [3.8, 4) is 0 Å². The van der Waals surface area contributed by atoms with Crippen LogP contribution in [0.4, 0.5) is 0 Å². The molecule has 3 unspecified atom stereocenters. The highest BCUT2D eigenvalue weighted by molar-refractivity contribution is 7.47. The van der Waals surface area contributed by atoms with Crippen molar-refractivity contribution in [3.63, 3.8) is 0 Å². The predicted octanol–water partition coefficient (Wildman–Crippen LogP) is 4.95. The lowest BCUT2D eigenvalue weighted by atomic mass is 9.98. The smallest absolute Gasteiger partial charge is 0.462 e. The number of ether oxygens (including phenoxy) is 2. The number of nitrogens with one attached hydrogen (secondary N) is 4. The molecular formula is C35H60N5O12P. The summed E-state index contributed by atoms with van der Waals surface area (Å²) in [4.78, 5) is 62.1. The summed E-state index contributed by atoms with van der Waals surface area (Å²) in [6.07, 6.45) is 18.7. The van der Waals surface area contributed by atoms with Gasteiger partial charge in [0.05, 0.1) is 18.1 Å². The SMILES string of the molecule is C=CC(=O)NCCOP(=O)(O)OC[C@@H](COC(=O)CCCCCCNC1=CC=C([N+](=O)[O-])C2NONC12)OC(=O)CCCCCCCCCCCCC. The fraction of sp³-hybridized carbons (Fsp3) is 0.743. The number of hydroxylamine groups is 2. The molecule has 0 radical (unpaired) electrons. The van der Waals surface area contributed by atoms with Gasteiger partial charge in [-0.25, -0.2) is 9.50 Å². The Kier molecular flexibility index (Phi) is 23.8. The number of hydrogen-bond donors (Lipinski definition) is 5. The fourth-order valence-corrected chi connectivity index (χ4v) is 6.40. The number of nitrogens with zero attached hydrogens (tertiary/aromatic N) is 1. The summed E-state index contributed by atoms with van der Waals surface area (Å²) < 4.78 is 33.0. The van der Waals surface area contributed by atoms with E-state index < -0.39 is 55.4 Å². The van der Waals surface area contributed by atoms with E-state index in [0.29, 0.717) is 19.4 Å². The van der Waals surface area contributed by atoms with Crippen molar-refractivity contribution in [2.24, 2.45) is 0 Å². The second kappa shape index (κ2) is 27.4. The number of phosphoric acid groups is 1. The van der Waals surface area contributed by atoms with Gasteiger partial charge in [-0.05, 0) is 31.4 Å². The highest BCUT2D eigenvalue weighted by Gasteiger charge is 2.42. The zero-order valence-electron chi connectivity index (χ0n) is 31.1. The van der Waals surface area contributed by atoms with Crippen LogP contribution in [0.15, 0.2) is 36.2 Å². The molecule has 0 spiro atoms. The van der Waals surface area contributed by atoms with Crippen LogP contribution >= 0.6 is 7.82 Å². The third-order valence-electron chi connectivity index (χ3n) is 8.62. The highest BCUT2D eigenvalue weighted by atomic mass is 31.2. The molecule has 1 fully saturated rings. The van der Waals surface area contributed by atoms with E-state index in [1.165, 1.54) is 51.0 Å². The standard InChI is InChI=1S/C35H60N5O12P/c1-3-5-6-7-8-9-10-11-12-13-17-20-33(43)51-28(27-50-53(46,47)49-25-24-37-31(41)4-2)26-48-32(42)19-16-14-15-18-23-36-29-21-22-30(40(44)45)35-34(29)38-52-39-35/h4,21-22,28,34-36,38-39H,2-3,5-20,23-27H2,1H3,(H,37,41)(H,46,47)/t28-,34?,35?/m1/s1. The first-order valence-electron chi connectivity index (χ1n) is 18.9. The molecule has 0 aromatic carbocycles. The molecule has 0 saturated carbocycles. The molecule has 1 aliphatic carbocycles. The van der Waals surface area contributed by atoms with Crippen molar-refractivity contribution in [1.29, 1.82) is 0 Å². The van der Waals surface area contributed by atoms with Crippen molar-refractivity contribution in [2.45, 2.75) is 134 Å². The van der Waals surface area contributed by atoms with Gasteiger partial charge in [-0.15, -0.1) is 0 Å². The minimum Gasteiger partial charge on any atom is -0.462 e. The van der Waals surface area contributed by atoms with Gasteiger partial charge in [-0.3, -0.25) is 33.5 Å². The van der Waals surface area contributed by atoms with E-state index in [0.717, 1.165) is 50.3 Å². The van der Waals surface area contributed by atoms with Crippen LogP contribution in [0.5, 0.6) is 0 Å². The number of fused-ring (bicyclic) bond motifs is 1. The normalized spacial score (nSPS) is 18.2. The van der Waals surface area contributed by atoms with Gasteiger partial charge in [-0.2, -0.15) is 11.0 Å². The van der Waals surface area contributed by atoms with Gasteiger partial charge < -0.3 is 25.0 Å². The molecular weight excluding hydrogens is 713 g/mol. The molecule has 4 atom stereocenters. The minimum atomic E-state index is -4.57. The quantitative estimate of drug-likeness (QED) is 0.0152. The monoisotopic (exact) mass is 773 g/mol. The first-order valence-corrected chi connectivity index (χ1v) is 20.4. The van der Waals surface area contributed by atoms with Crippen molar-refractivity contribution >= 4 is 25.7 Å². The van der Waals surface area contributed by atoms with Gasteiger partial charge in [-0.1, -0.05) is 90.6 Å². The second-order valence-electron chi connectivity index (χ2n) is 13.0. The first kappa shape index (κ1) is 46.0. The molecule has 1 heterocycles. The molecule has 0 aromatic rings. The minimum absolute atomic E-state index is 0.0133. The number of amides is 1. The van der Waals surface area contributed by atoms with Crippen molar-refractivity contribution < 1.29 is 52.2 Å². The van der Waals surface area contributed by atoms with Gasteiger partial charge >= 0.3 is 19.8 Å². The maximum atomic E-state index is 12.6. The lowest BCUT2D eigenvalue weighted by molar-refractivity contribution is -0.431. The van der Waals surface area contributed by atoms with Gasteiger partial charge in [0.1, 0.15) is 18.7 Å². The van der Waals surface area contributed by atoms with E-state index in [-0.39, 0.29) is 38.3 Å². The summed E-state index contributed by atoms with van der Waals surface area (Å²) in [7, 11) is -4.57. The van der Waals surface area contributed by atoms with Crippen LogP contribution in [-0.2, 0) is 42.4 Å². The van der Waals surface area contributed by atoms with Gasteiger partial charge in [0, 0.05) is 37.7 Å². The zero-order chi connectivity index (χ0) is 38.7. The van der Waals surface area contributed by atoms with Crippen LogP contribution in [0.25, 0.3) is 0 Å². The summed E-state index contributed by atoms with van der Waals surface area (Å²) in [6.45, 7) is 4.86. The molecule has 2 rings (SSSR count). The Morgan fingerprint density at radius 3 is 2.15 bits per heavy atom. The predicted molar refractivity (Wildman–Crippen MR) is 196 cm³/mol. The van der Waals surface area contributed by atoms with Crippen LogP contribution in [0, 0.1) is 10.1 Å². The molecule has 5 N–H and O–H groups in total. The summed E-state index contributed by atoms with van der Waals surface area (Å²) in [5, 5.41) is 16.9. The lowest BCUT2D eigenvalue weighted by Crippen LogP contribution is -2.44. The van der Waals surface area contributed by atoms with Crippen molar-refractivity contribution in [3.05, 3.63) is 46.3 Å². The van der Waals surface area contributed by atoms with Crippen LogP contribution in [0.3, 0.4) is 0 Å². The van der Waals surface area contributed by atoms with E-state index >= 15 is 0 Å². The van der Waals surface area contributed by atoms with E-state index in [4.69, 9.17) is 23.5 Å². The molecule has 302 valence electrons. The largest absolute Gasteiger partial charge is 0.472 e. The van der Waals surface area contributed by atoms with Gasteiger partial charge in [0.2, 0.25) is 5.91 Å². The number of hydrogen-bond acceptors (Lipinski definition) is 14. The molecule has 1 saturated heterocycles. The zero-order valence-corrected chi connectivity index (χ0v) is 32.0. The van der Waals surface area contributed by atoms with Crippen LogP contribution in [0.2, 0.25) is 0 Å². The third kappa shape index (κ3) is 20.7. The maximum Gasteiger partial charge on any atom is 0.472 e. The third-order valence-corrected chi connectivity index (χ3v) is 9.60. The molecule has 2 aliphatic rings. The second-order valence-corrected chi connectivity index (χ2v) is 14.5. The Morgan fingerprint density at radius 2 is 1.51 bits per heavy atom.